The van der Waals surface area contributed by atoms with Crippen LogP contribution in [0.15, 0.2) is 54.7 Å². The molecule has 0 amide bonds. The molecule has 3 aromatic rings. The number of para-hydroxylation sites is 1. The van der Waals surface area contributed by atoms with Crippen LogP contribution in [0.4, 0.5) is 0 Å². The van der Waals surface area contributed by atoms with Crippen LogP contribution in [0.25, 0.3) is 10.9 Å². The zero-order valence-electron chi connectivity index (χ0n) is 23.8. The largest absolute Gasteiger partial charge is 0.463 e. The molecule has 1 fully saturated rings. The van der Waals surface area contributed by atoms with Gasteiger partial charge in [0.05, 0.1) is 5.52 Å². The molecule has 2 aromatic carbocycles. The molecule has 0 aliphatic carbocycles. The Labute approximate surface area is 238 Å². The third-order valence-electron chi connectivity index (χ3n) is 6.89. The normalized spacial score (nSPS) is 22.1. The summed E-state index contributed by atoms with van der Waals surface area (Å²) in [6.45, 7) is 6.69. The third-order valence-corrected chi connectivity index (χ3v) is 6.89. The van der Waals surface area contributed by atoms with Gasteiger partial charge in [-0.2, -0.15) is 0 Å². The minimum Gasteiger partial charge on any atom is -0.463 e. The highest BCUT2D eigenvalue weighted by atomic mass is 16.7. The van der Waals surface area contributed by atoms with E-state index in [1.807, 2.05) is 35.0 Å². The number of carbonyl (C=O) groups is 4. The maximum Gasteiger partial charge on any atom is 0.303 e. The van der Waals surface area contributed by atoms with Crippen LogP contribution in [-0.4, -0.2) is 59.5 Å². The van der Waals surface area contributed by atoms with Crippen molar-refractivity contribution in [3.63, 3.8) is 0 Å². The topological polar surface area (TPSA) is 119 Å². The van der Waals surface area contributed by atoms with Crippen molar-refractivity contribution >= 4 is 34.8 Å². The summed E-state index contributed by atoms with van der Waals surface area (Å²) in [6, 6.07) is 16.1. The summed E-state index contributed by atoms with van der Waals surface area (Å²) >= 11 is 0. The van der Waals surface area contributed by atoms with Gasteiger partial charge in [-0.15, -0.1) is 0 Å². The number of rotatable bonds is 9. The van der Waals surface area contributed by atoms with E-state index in [9.17, 15) is 19.2 Å². The van der Waals surface area contributed by atoms with E-state index in [0.717, 1.165) is 28.5 Å². The lowest BCUT2D eigenvalue weighted by Crippen LogP contribution is -2.60. The second-order valence-corrected chi connectivity index (χ2v) is 10.0. The smallest absolute Gasteiger partial charge is 0.303 e. The first-order valence-corrected chi connectivity index (χ1v) is 13.5. The molecular weight excluding hydrogens is 530 g/mol. The van der Waals surface area contributed by atoms with Crippen molar-refractivity contribution in [2.24, 2.45) is 0 Å². The molecule has 218 valence electrons. The SMILES string of the molecule is CCc1ccc(Cc2cn([C@@H]3O[C@H](COC(C)=O)[C@@H](OC(C)=O)[C@H](OC(C)=O)[C@H]3OC(C)=O)c3ccccc23)cc1. The maximum atomic E-state index is 12.3. The lowest BCUT2D eigenvalue weighted by atomic mass is 9.97. The number of ether oxygens (including phenoxy) is 5. The van der Waals surface area contributed by atoms with E-state index in [1.165, 1.54) is 33.3 Å². The zero-order valence-corrected chi connectivity index (χ0v) is 23.8. The Hall–Kier alpha value is -4.18. The Balaban J connectivity index is 1.82. The average molecular weight is 566 g/mol. The molecule has 1 aliphatic rings. The number of nitrogens with zero attached hydrogens (tertiary/aromatic N) is 1. The van der Waals surface area contributed by atoms with Crippen LogP contribution in [0.2, 0.25) is 0 Å². The van der Waals surface area contributed by atoms with Gasteiger partial charge >= 0.3 is 23.9 Å². The van der Waals surface area contributed by atoms with Gasteiger partial charge in [-0.25, -0.2) is 0 Å². The number of aromatic nitrogens is 1. The van der Waals surface area contributed by atoms with Gasteiger partial charge in [-0.1, -0.05) is 49.4 Å². The molecule has 10 nitrogen and oxygen atoms in total. The van der Waals surface area contributed by atoms with E-state index in [4.69, 9.17) is 23.7 Å². The second-order valence-electron chi connectivity index (χ2n) is 10.0. The van der Waals surface area contributed by atoms with Gasteiger partial charge in [0.15, 0.2) is 24.5 Å². The van der Waals surface area contributed by atoms with Crippen LogP contribution < -0.4 is 0 Å². The van der Waals surface area contributed by atoms with Crippen LogP contribution in [0, 0.1) is 0 Å². The quantitative estimate of drug-likeness (QED) is 0.280. The third kappa shape index (κ3) is 7.13. The Morgan fingerprint density at radius 3 is 1.95 bits per heavy atom. The molecule has 0 bridgehead atoms. The van der Waals surface area contributed by atoms with Crippen molar-refractivity contribution in [3.8, 4) is 0 Å². The second kappa shape index (κ2) is 13.0. The molecule has 4 rings (SSSR count). The summed E-state index contributed by atoms with van der Waals surface area (Å²) < 4.78 is 30.3. The Morgan fingerprint density at radius 2 is 1.34 bits per heavy atom. The average Bonchev–Trinajstić information content (AvgIpc) is 3.27. The summed E-state index contributed by atoms with van der Waals surface area (Å²) in [5.74, 6) is -2.56. The Bertz CT molecular complexity index is 1410. The lowest BCUT2D eigenvalue weighted by Gasteiger charge is -2.44. The Kier molecular flexibility index (Phi) is 9.44. The van der Waals surface area contributed by atoms with E-state index in [1.54, 1.807) is 0 Å². The van der Waals surface area contributed by atoms with Gasteiger partial charge in [-0.3, -0.25) is 19.2 Å². The molecule has 0 spiro atoms. The van der Waals surface area contributed by atoms with Gasteiger partial charge in [0.2, 0.25) is 0 Å². The fraction of sp³-hybridized carbons (Fsp3) is 0.419. The number of esters is 4. The van der Waals surface area contributed by atoms with Crippen molar-refractivity contribution in [2.75, 3.05) is 6.61 Å². The van der Waals surface area contributed by atoms with E-state index in [2.05, 4.69) is 31.2 Å². The highest BCUT2D eigenvalue weighted by molar-refractivity contribution is 5.84. The van der Waals surface area contributed by atoms with Crippen molar-refractivity contribution in [2.45, 2.75) is 78.1 Å². The molecule has 2 heterocycles. The molecule has 1 aromatic heterocycles. The van der Waals surface area contributed by atoms with E-state index >= 15 is 0 Å². The van der Waals surface area contributed by atoms with Gasteiger partial charge in [-0.05, 0) is 35.6 Å². The molecule has 0 N–H and O–H groups in total. The van der Waals surface area contributed by atoms with Crippen LogP contribution in [0.1, 0.15) is 57.5 Å². The fourth-order valence-electron chi connectivity index (χ4n) is 5.17. The summed E-state index contributed by atoms with van der Waals surface area (Å²) in [5, 5.41) is 0.958. The first-order chi connectivity index (χ1) is 19.6. The molecular formula is C31H35NO9. The van der Waals surface area contributed by atoms with Crippen LogP contribution >= 0.6 is 0 Å². The molecule has 10 heteroatoms. The summed E-state index contributed by atoms with van der Waals surface area (Å²) in [4.78, 5) is 48.3. The molecule has 0 radical (unpaired) electrons. The zero-order chi connectivity index (χ0) is 29.7. The Morgan fingerprint density at radius 1 is 0.756 bits per heavy atom. The minimum absolute atomic E-state index is 0.288. The highest BCUT2D eigenvalue weighted by Crippen LogP contribution is 2.38. The van der Waals surface area contributed by atoms with E-state index in [-0.39, 0.29) is 6.61 Å². The maximum absolute atomic E-state index is 12.3. The lowest BCUT2D eigenvalue weighted by molar-refractivity contribution is -0.267. The number of carbonyl (C=O) groups excluding carboxylic acids is 4. The van der Waals surface area contributed by atoms with E-state index in [0.29, 0.717) is 6.42 Å². The number of benzene rings is 2. The molecule has 0 unspecified atom stereocenters. The van der Waals surface area contributed by atoms with Crippen molar-refractivity contribution in [1.82, 2.24) is 4.57 Å². The minimum atomic E-state index is -1.24. The van der Waals surface area contributed by atoms with Gasteiger partial charge in [0.25, 0.3) is 0 Å². The molecule has 1 saturated heterocycles. The summed E-state index contributed by atoms with van der Waals surface area (Å²) in [5.41, 5.74) is 4.15. The van der Waals surface area contributed by atoms with Gasteiger partial charge in [0.1, 0.15) is 12.7 Å². The summed E-state index contributed by atoms with van der Waals surface area (Å²) in [6.07, 6.45) is -2.21. The molecule has 1 aliphatic heterocycles. The molecule has 0 saturated carbocycles. The monoisotopic (exact) mass is 565 g/mol. The fourth-order valence-corrected chi connectivity index (χ4v) is 5.17. The van der Waals surface area contributed by atoms with Crippen molar-refractivity contribution in [3.05, 3.63) is 71.4 Å². The van der Waals surface area contributed by atoms with Crippen LogP contribution in [-0.2, 0) is 55.7 Å². The highest BCUT2D eigenvalue weighted by Gasteiger charge is 2.53. The van der Waals surface area contributed by atoms with Crippen LogP contribution in [0.5, 0.6) is 0 Å². The van der Waals surface area contributed by atoms with E-state index < -0.39 is 54.5 Å². The van der Waals surface area contributed by atoms with Gasteiger partial charge < -0.3 is 28.3 Å². The number of fused-ring (bicyclic) bond motifs is 1. The first kappa shape index (κ1) is 29.8. The number of aryl methyl sites for hydroxylation is 1. The van der Waals surface area contributed by atoms with Gasteiger partial charge in [0, 0.05) is 39.3 Å². The summed E-state index contributed by atoms with van der Waals surface area (Å²) in [7, 11) is 0. The predicted octanol–water partition coefficient (Wildman–Crippen LogP) is 4.05. The van der Waals surface area contributed by atoms with Crippen LogP contribution in [0.3, 0.4) is 0 Å². The first-order valence-electron chi connectivity index (χ1n) is 13.5. The van der Waals surface area contributed by atoms with Crippen molar-refractivity contribution < 1.29 is 42.9 Å². The molecule has 41 heavy (non-hydrogen) atoms. The number of hydrogen-bond acceptors (Lipinski definition) is 9. The van der Waals surface area contributed by atoms with Crippen molar-refractivity contribution in [1.29, 1.82) is 0 Å². The standard InChI is InChI=1S/C31H35NO9/c1-6-22-11-13-23(14-12-22)15-24-16-32(26-10-8-7-9-25(24)26)31-30(40-21(5)36)29(39-20(4)35)28(38-19(3)34)27(41-31)17-37-18(2)33/h7-14,16,27-31H,6,15,17H2,1-5H3/t27-,28-,29+,30-,31-/m1/s1. The number of hydrogen-bond donors (Lipinski definition) is 0. The molecule has 5 atom stereocenters. The predicted molar refractivity (Wildman–Crippen MR) is 148 cm³/mol.